The summed E-state index contributed by atoms with van der Waals surface area (Å²) in [6.45, 7) is 0.426. The molecule has 1 unspecified atom stereocenters. The lowest BCUT2D eigenvalue weighted by molar-refractivity contribution is -0.0349. The van der Waals surface area contributed by atoms with Gasteiger partial charge in [0.05, 0.1) is 10.8 Å². The number of aliphatic imine (C=N–C) groups is 1. The normalized spacial score (nSPS) is 26.2. The number of hydrogen-bond acceptors (Lipinski definition) is 5. The van der Waals surface area contributed by atoms with Crippen molar-refractivity contribution < 1.29 is 13.5 Å². The maximum atomic E-state index is 12.8. The first-order chi connectivity index (χ1) is 12.3. The van der Waals surface area contributed by atoms with Gasteiger partial charge < -0.3 is 10.0 Å². The van der Waals surface area contributed by atoms with E-state index in [2.05, 4.69) is 9.71 Å². The molecule has 2 N–H and O–H groups in total. The molecule has 0 radical (unpaired) electrons. The molecule has 2 fully saturated rings. The Morgan fingerprint density at radius 1 is 1.42 bits per heavy atom. The highest BCUT2D eigenvalue weighted by atomic mass is 35.5. The van der Waals surface area contributed by atoms with Gasteiger partial charge in [0, 0.05) is 26.2 Å². The summed E-state index contributed by atoms with van der Waals surface area (Å²) in [5.74, 6) is 0.754. The summed E-state index contributed by atoms with van der Waals surface area (Å²) in [6, 6.07) is 4.65. The predicted octanol–water partition coefficient (Wildman–Crippen LogP) is 2.62. The lowest BCUT2D eigenvalue weighted by atomic mass is 10.0. The minimum Gasteiger partial charge on any atom is -0.366 e. The van der Waals surface area contributed by atoms with Gasteiger partial charge in [-0.2, -0.15) is 0 Å². The SMILES string of the molecule is C/N=C1\SCC(O)(c2ccc(Cl)c(S(=O)(=O)NCC3CCCC3)c2)N1C. The summed E-state index contributed by atoms with van der Waals surface area (Å²) in [6.07, 6.45) is 4.41. The van der Waals surface area contributed by atoms with E-state index in [1.54, 1.807) is 25.1 Å². The van der Waals surface area contributed by atoms with E-state index in [1.807, 2.05) is 0 Å². The molecule has 0 spiro atoms. The van der Waals surface area contributed by atoms with Gasteiger partial charge in [-0.3, -0.25) is 4.99 Å². The Labute approximate surface area is 164 Å². The molecule has 1 aromatic carbocycles. The molecule has 1 heterocycles. The minimum absolute atomic E-state index is 0.00313. The van der Waals surface area contributed by atoms with Gasteiger partial charge in [0.1, 0.15) is 4.90 Å². The zero-order valence-corrected chi connectivity index (χ0v) is 17.3. The molecule has 2 aliphatic rings. The molecule has 1 aliphatic heterocycles. The second kappa shape index (κ2) is 7.67. The Kier molecular flexibility index (Phi) is 5.89. The van der Waals surface area contributed by atoms with Crippen molar-refractivity contribution in [2.45, 2.75) is 36.3 Å². The molecule has 3 rings (SSSR count). The third-order valence-corrected chi connectivity index (χ3v) is 8.32. The van der Waals surface area contributed by atoms with Crippen molar-refractivity contribution in [1.82, 2.24) is 9.62 Å². The van der Waals surface area contributed by atoms with Crippen molar-refractivity contribution in [3.8, 4) is 0 Å². The van der Waals surface area contributed by atoms with E-state index in [4.69, 9.17) is 11.6 Å². The second-order valence-corrected chi connectivity index (χ2v) is 9.90. The summed E-state index contributed by atoms with van der Waals surface area (Å²) >= 11 is 7.60. The molecule has 1 atom stereocenters. The Hall–Kier alpha value is -0.800. The van der Waals surface area contributed by atoms with Gasteiger partial charge in [-0.1, -0.05) is 42.3 Å². The van der Waals surface area contributed by atoms with E-state index < -0.39 is 15.7 Å². The van der Waals surface area contributed by atoms with Crippen molar-refractivity contribution in [1.29, 1.82) is 0 Å². The van der Waals surface area contributed by atoms with E-state index in [0.29, 0.717) is 28.9 Å². The quantitative estimate of drug-likeness (QED) is 0.769. The number of nitrogens with one attached hydrogen (secondary N) is 1. The summed E-state index contributed by atoms with van der Waals surface area (Å²) in [5, 5.41) is 11.9. The third kappa shape index (κ3) is 3.75. The van der Waals surface area contributed by atoms with Crippen molar-refractivity contribution in [2.24, 2.45) is 10.9 Å². The molecule has 26 heavy (non-hydrogen) atoms. The van der Waals surface area contributed by atoms with Crippen LogP contribution in [0.4, 0.5) is 0 Å². The van der Waals surface area contributed by atoms with Crippen LogP contribution in [0.25, 0.3) is 0 Å². The monoisotopic (exact) mass is 417 g/mol. The highest BCUT2D eigenvalue weighted by molar-refractivity contribution is 8.14. The zero-order chi connectivity index (χ0) is 18.9. The number of rotatable bonds is 5. The number of halogens is 1. The van der Waals surface area contributed by atoms with Crippen LogP contribution in [0.2, 0.25) is 5.02 Å². The number of thioether (sulfide) groups is 1. The first kappa shape index (κ1) is 19.9. The van der Waals surface area contributed by atoms with Crippen molar-refractivity contribution in [3.63, 3.8) is 0 Å². The van der Waals surface area contributed by atoms with Gasteiger partial charge in [-0.05, 0) is 30.9 Å². The van der Waals surface area contributed by atoms with E-state index in [-0.39, 0.29) is 9.92 Å². The van der Waals surface area contributed by atoms with E-state index >= 15 is 0 Å². The van der Waals surface area contributed by atoms with Gasteiger partial charge in [-0.15, -0.1) is 0 Å². The van der Waals surface area contributed by atoms with E-state index in [9.17, 15) is 13.5 Å². The van der Waals surface area contributed by atoms with Crippen LogP contribution >= 0.6 is 23.4 Å². The fourth-order valence-corrected chi connectivity index (χ4v) is 6.29. The van der Waals surface area contributed by atoms with Crippen LogP contribution in [-0.2, 0) is 15.7 Å². The number of aliphatic hydroxyl groups is 1. The predicted molar refractivity (Wildman–Crippen MR) is 106 cm³/mol. The van der Waals surface area contributed by atoms with Crippen LogP contribution < -0.4 is 4.72 Å². The van der Waals surface area contributed by atoms with Crippen LogP contribution in [0.15, 0.2) is 28.1 Å². The maximum Gasteiger partial charge on any atom is 0.242 e. The van der Waals surface area contributed by atoms with Gasteiger partial charge in [0.15, 0.2) is 10.9 Å². The van der Waals surface area contributed by atoms with Crippen molar-refractivity contribution in [2.75, 3.05) is 26.4 Å². The number of hydrogen-bond donors (Lipinski definition) is 2. The maximum absolute atomic E-state index is 12.8. The fraction of sp³-hybridized carbons (Fsp3) is 0.588. The Bertz CT molecular complexity index is 809. The third-order valence-electron chi connectivity index (χ3n) is 5.16. The van der Waals surface area contributed by atoms with Gasteiger partial charge in [-0.25, -0.2) is 13.1 Å². The summed E-state index contributed by atoms with van der Waals surface area (Å²) < 4.78 is 28.2. The van der Waals surface area contributed by atoms with Crippen molar-refractivity contribution in [3.05, 3.63) is 28.8 Å². The van der Waals surface area contributed by atoms with Gasteiger partial charge in [0.2, 0.25) is 10.0 Å². The number of sulfonamides is 1. The molecule has 1 aliphatic carbocycles. The summed E-state index contributed by atoms with van der Waals surface area (Å²) in [4.78, 5) is 5.80. The molecule has 1 saturated heterocycles. The second-order valence-electron chi connectivity index (χ2n) is 6.82. The molecule has 0 aromatic heterocycles. The largest absolute Gasteiger partial charge is 0.366 e. The Morgan fingerprint density at radius 2 is 2.12 bits per heavy atom. The van der Waals surface area contributed by atoms with Crippen LogP contribution in [0, 0.1) is 5.92 Å². The number of benzene rings is 1. The Morgan fingerprint density at radius 3 is 2.73 bits per heavy atom. The first-order valence-corrected chi connectivity index (χ1v) is 11.5. The summed E-state index contributed by atoms with van der Waals surface area (Å²) in [7, 11) is -0.341. The molecular weight excluding hydrogens is 394 g/mol. The molecule has 0 bridgehead atoms. The average molecular weight is 418 g/mol. The molecule has 144 valence electrons. The first-order valence-electron chi connectivity index (χ1n) is 8.63. The van der Waals surface area contributed by atoms with E-state index in [1.165, 1.54) is 23.9 Å². The summed E-state index contributed by atoms with van der Waals surface area (Å²) in [5.41, 5.74) is -0.836. The number of nitrogens with zero attached hydrogens (tertiary/aromatic N) is 2. The lowest BCUT2D eigenvalue weighted by Crippen LogP contribution is -2.42. The fourth-order valence-electron chi connectivity index (χ4n) is 3.49. The minimum atomic E-state index is -3.74. The molecular formula is C17H24ClN3O3S2. The standard InChI is InChI=1S/C17H24ClN3O3S2/c1-19-16-21(2)17(22,11-25-16)13-7-8-14(18)15(9-13)26(23,24)20-10-12-5-3-4-6-12/h7-9,12,20,22H,3-6,10-11H2,1-2H3/b19-16-. The molecule has 6 nitrogen and oxygen atoms in total. The van der Waals surface area contributed by atoms with Gasteiger partial charge in [0.25, 0.3) is 0 Å². The molecule has 1 saturated carbocycles. The molecule has 0 amide bonds. The highest BCUT2D eigenvalue weighted by Gasteiger charge is 2.43. The highest BCUT2D eigenvalue weighted by Crippen LogP contribution is 2.39. The Balaban J connectivity index is 1.88. The van der Waals surface area contributed by atoms with E-state index in [0.717, 1.165) is 25.7 Å². The van der Waals surface area contributed by atoms with Crippen LogP contribution in [0.3, 0.4) is 0 Å². The van der Waals surface area contributed by atoms with Gasteiger partial charge >= 0.3 is 0 Å². The van der Waals surface area contributed by atoms with Crippen LogP contribution in [0.1, 0.15) is 31.2 Å². The number of amidine groups is 1. The van der Waals surface area contributed by atoms with Crippen molar-refractivity contribution >= 4 is 38.6 Å². The average Bonchev–Trinajstić information content (AvgIpc) is 3.23. The smallest absolute Gasteiger partial charge is 0.242 e. The molecule has 1 aromatic rings. The topological polar surface area (TPSA) is 82.0 Å². The molecule has 9 heteroatoms. The zero-order valence-electron chi connectivity index (χ0n) is 14.9. The van der Waals surface area contributed by atoms with Crippen LogP contribution in [-0.4, -0.2) is 50.0 Å². The lowest BCUT2D eigenvalue weighted by Gasteiger charge is -2.31. The van der Waals surface area contributed by atoms with Crippen LogP contribution in [0.5, 0.6) is 0 Å².